The highest BCUT2D eigenvalue weighted by Gasteiger charge is 2.38. The molecular formula is C16H23F2NO2. The summed E-state index contributed by atoms with van der Waals surface area (Å²) in [5.41, 5.74) is 6.65. The van der Waals surface area contributed by atoms with Crippen LogP contribution in [0, 0.1) is 17.6 Å². The first-order valence-electron chi connectivity index (χ1n) is 7.30. The van der Waals surface area contributed by atoms with Gasteiger partial charge in [-0.3, -0.25) is 0 Å². The summed E-state index contributed by atoms with van der Waals surface area (Å²) in [6.07, 6.45) is 3.35. The molecule has 5 heteroatoms. The molecule has 0 amide bonds. The summed E-state index contributed by atoms with van der Waals surface area (Å²) < 4.78 is 37.4. The van der Waals surface area contributed by atoms with Crippen molar-refractivity contribution < 1.29 is 18.3 Å². The summed E-state index contributed by atoms with van der Waals surface area (Å²) in [7, 11) is 3.30. The van der Waals surface area contributed by atoms with E-state index in [-0.39, 0.29) is 5.92 Å². The molecule has 0 aliphatic heterocycles. The smallest absolute Gasteiger partial charge is 0.167 e. The van der Waals surface area contributed by atoms with E-state index in [1.807, 2.05) is 0 Å². The van der Waals surface area contributed by atoms with Crippen molar-refractivity contribution in [3.63, 3.8) is 0 Å². The van der Waals surface area contributed by atoms with Crippen molar-refractivity contribution >= 4 is 0 Å². The van der Waals surface area contributed by atoms with Gasteiger partial charge in [0.25, 0.3) is 0 Å². The van der Waals surface area contributed by atoms with E-state index in [1.165, 1.54) is 12.1 Å². The fourth-order valence-electron chi connectivity index (χ4n) is 3.32. The minimum atomic E-state index is -0.823. The first-order valence-corrected chi connectivity index (χ1v) is 7.30. The summed E-state index contributed by atoms with van der Waals surface area (Å²) in [5, 5.41) is 0. The summed E-state index contributed by atoms with van der Waals surface area (Å²) >= 11 is 0. The molecule has 3 nitrogen and oxygen atoms in total. The molecule has 1 unspecified atom stereocenters. The van der Waals surface area contributed by atoms with Crippen LogP contribution in [0.1, 0.15) is 37.2 Å². The van der Waals surface area contributed by atoms with Gasteiger partial charge < -0.3 is 15.2 Å². The third-order valence-corrected chi connectivity index (χ3v) is 4.73. The van der Waals surface area contributed by atoms with E-state index >= 15 is 0 Å². The van der Waals surface area contributed by atoms with Crippen molar-refractivity contribution in [2.24, 2.45) is 11.7 Å². The van der Waals surface area contributed by atoms with Gasteiger partial charge in [0, 0.05) is 27.1 Å². The molecule has 1 saturated carbocycles. The molecule has 0 spiro atoms. The van der Waals surface area contributed by atoms with Crippen molar-refractivity contribution in [2.45, 2.75) is 37.4 Å². The minimum Gasteiger partial charge on any atom is -0.353 e. The van der Waals surface area contributed by atoms with Gasteiger partial charge in [0.1, 0.15) is 0 Å². The number of nitrogens with two attached hydrogens (primary N) is 1. The zero-order chi connectivity index (χ0) is 15.5. The second-order valence-corrected chi connectivity index (χ2v) is 5.67. The Morgan fingerprint density at radius 2 is 1.81 bits per heavy atom. The lowest BCUT2D eigenvalue weighted by Gasteiger charge is -2.40. The SMILES string of the molecule is COC1(OC)CCC(C(CN)c2ccc(F)c(F)c2)CC1. The van der Waals surface area contributed by atoms with Crippen LogP contribution < -0.4 is 5.73 Å². The molecule has 21 heavy (non-hydrogen) atoms. The number of ether oxygens (including phenoxy) is 2. The summed E-state index contributed by atoms with van der Waals surface area (Å²) in [6.45, 7) is 0.419. The normalized spacial score (nSPS) is 20.4. The van der Waals surface area contributed by atoms with Gasteiger partial charge in [-0.25, -0.2) is 8.78 Å². The van der Waals surface area contributed by atoms with Crippen LogP contribution in [0.25, 0.3) is 0 Å². The second-order valence-electron chi connectivity index (χ2n) is 5.67. The molecule has 1 aromatic rings. The van der Waals surface area contributed by atoms with Gasteiger partial charge >= 0.3 is 0 Å². The number of benzene rings is 1. The van der Waals surface area contributed by atoms with Gasteiger partial charge in [-0.2, -0.15) is 0 Å². The van der Waals surface area contributed by atoms with Crippen LogP contribution in [0.2, 0.25) is 0 Å². The molecule has 1 aliphatic rings. The van der Waals surface area contributed by atoms with E-state index in [4.69, 9.17) is 15.2 Å². The molecule has 0 bridgehead atoms. The Kier molecular flexibility index (Phi) is 5.30. The van der Waals surface area contributed by atoms with Gasteiger partial charge in [0.2, 0.25) is 0 Å². The van der Waals surface area contributed by atoms with Crippen LogP contribution in [0.5, 0.6) is 0 Å². The van der Waals surface area contributed by atoms with E-state index in [1.54, 1.807) is 20.3 Å². The molecule has 1 aliphatic carbocycles. The van der Waals surface area contributed by atoms with Crippen molar-refractivity contribution in [2.75, 3.05) is 20.8 Å². The molecule has 0 saturated heterocycles. The number of methoxy groups -OCH3 is 2. The van der Waals surface area contributed by atoms with Crippen LogP contribution in [0.15, 0.2) is 18.2 Å². The Morgan fingerprint density at radius 3 is 2.29 bits per heavy atom. The molecule has 0 aromatic heterocycles. The van der Waals surface area contributed by atoms with Crippen molar-refractivity contribution in [1.82, 2.24) is 0 Å². The average molecular weight is 299 g/mol. The van der Waals surface area contributed by atoms with Gasteiger partial charge in [-0.15, -0.1) is 0 Å². The Balaban J connectivity index is 2.11. The zero-order valence-corrected chi connectivity index (χ0v) is 12.6. The van der Waals surface area contributed by atoms with Crippen molar-refractivity contribution in [3.05, 3.63) is 35.4 Å². The van der Waals surface area contributed by atoms with Crippen LogP contribution in [0.3, 0.4) is 0 Å². The zero-order valence-electron chi connectivity index (χ0n) is 12.6. The second kappa shape index (κ2) is 6.81. The molecule has 0 heterocycles. The maximum atomic E-state index is 13.4. The lowest BCUT2D eigenvalue weighted by atomic mass is 9.75. The predicted octanol–water partition coefficient (Wildman–Crippen LogP) is 3.19. The summed E-state index contributed by atoms with van der Waals surface area (Å²) in [6, 6.07) is 4.07. The molecule has 118 valence electrons. The molecular weight excluding hydrogens is 276 g/mol. The van der Waals surface area contributed by atoms with E-state index < -0.39 is 17.4 Å². The van der Waals surface area contributed by atoms with E-state index in [2.05, 4.69) is 0 Å². The maximum Gasteiger partial charge on any atom is 0.167 e. The molecule has 0 radical (unpaired) electrons. The van der Waals surface area contributed by atoms with Crippen LogP contribution in [0.4, 0.5) is 8.78 Å². The summed E-state index contributed by atoms with van der Waals surface area (Å²) in [4.78, 5) is 0. The third-order valence-electron chi connectivity index (χ3n) is 4.73. The van der Waals surface area contributed by atoms with Crippen LogP contribution >= 0.6 is 0 Å². The lowest BCUT2D eigenvalue weighted by molar-refractivity contribution is -0.228. The first-order chi connectivity index (χ1) is 10.0. The lowest BCUT2D eigenvalue weighted by Crippen LogP contribution is -2.40. The van der Waals surface area contributed by atoms with Crippen LogP contribution in [-0.2, 0) is 9.47 Å². The van der Waals surface area contributed by atoms with E-state index in [9.17, 15) is 8.78 Å². The molecule has 1 aromatic carbocycles. The standard InChI is InChI=1S/C16H23F2NO2/c1-20-16(21-2)7-5-11(6-8-16)13(10-19)12-3-4-14(17)15(18)9-12/h3-4,9,11,13H,5-8,10,19H2,1-2H3. The first kappa shape index (κ1) is 16.3. The molecule has 2 N–H and O–H groups in total. The number of hydrogen-bond donors (Lipinski definition) is 1. The Morgan fingerprint density at radius 1 is 1.19 bits per heavy atom. The largest absolute Gasteiger partial charge is 0.353 e. The number of halogens is 2. The Hall–Kier alpha value is -1.04. The van der Waals surface area contributed by atoms with Crippen molar-refractivity contribution in [1.29, 1.82) is 0 Å². The van der Waals surface area contributed by atoms with Gasteiger partial charge in [-0.05, 0) is 48.9 Å². The number of rotatable bonds is 5. The van der Waals surface area contributed by atoms with Crippen molar-refractivity contribution in [3.8, 4) is 0 Å². The highest BCUT2D eigenvalue weighted by atomic mass is 19.2. The Bertz CT molecular complexity index is 467. The fraction of sp³-hybridized carbons (Fsp3) is 0.625. The van der Waals surface area contributed by atoms with Gasteiger partial charge in [0.15, 0.2) is 17.4 Å². The molecule has 1 atom stereocenters. The highest BCUT2D eigenvalue weighted by molar-refractivity contribution is 5.23. The minimum absolute atomic E-state index is 0.0341. The monoisotopic (exact) mass is 299 g/mol. The predicted molar refractivity (Wildman–Crippen MR) is 76.9 cm³/mol. The quantitative estimate of drug-likeness (QED) is 0.849. The van der Waals surface area contributed by atoms with E-state index in [0.29, 0.717) is 12.5 Å². The van der Waals surface area contributed by atoms with Gasteiger partial charge in [0.05, 0.1) is 0 Å². The maximum absolute atomic E-state index is 13.4. The average Bonchev–Trinajstić information content (AvgIpc) is 2.52. The van der Waals surface area contributed by atoms with E-state index in [0.717, 1.165) is 31.2 Å². The topological polar surface area (TPSA) is 44.5 Å². The Labute approximate surface area is 124 Å². The molecule has 2 rings (SSSR count). The highest BCUT2D eigenvalue weighted by Crippen LogP contribution is 2.41. The molecule has 1 fully saturated rings. The summed E-state index contributed by atoms with van der Waals surface area (Å²) in [5.74, 6) is -1.78. The third kappa shape index (κ3) is 3.42. The fourth-order valence-corrected chi connectivity index (χ4v) is 3.32. The van der Waals surface area contributed by atoms with Gasteiger partial charge in [-0.1, -0.05) is 6.07 Å². The number of hydrogen-bond acceptors (Lipinski definition) is 3. The van der Waals surface area contributed by atoms with Crippen LogP contribution in [-0.4, -0.2) is 26.6 Å².